The van der Waals surface area contributed by atoms with Crippen LogP contribution in [0.5, 0.6) is 0 Å². The fraction of sp³-hybridized carbons (Fsp3) is 0.250. The number of nitro benzene ring substituents is 1. The molecule has 1 unspecified atom stereocenters. The zero-order valence-electron chi connectivity index (χ0n) is 13.6. The second-order valence-corrected chi connectivity index (χ2v) is 7.73. The Labute approximate surface area is 150 Å². The van der Waals surface area contributed by atoms with Crippen LogP contribution in [-0.4, -0.2) is 27.0 Å². The van der Waals surface area contributed by atoms with Gasteiger partial charge in [-0.1, -0.05) is 29.8 Å². The molecule has 7 nitrogen and oxygen atoms in total. The number of nitro groups is 1. The van der Waals surface area contributed by atoms with Crippen LogP contribution in [-0.2, 0) is 20.4 Å². The number of hydrogen-bond donors (Lipinski definition) is 1. The van der Waals surface area contributed by atoms with E-state index in [1.165, 1.54) is 25.3 Å². The summed E-state index contributed by atoms with van der Waals surface area (Å²) in [7, 11) is -2.48. The standard InChI is InChI=1S/C16H17ClN2O5S/c1-16(24-2,12-5-3-6-13(17)9-12)11-18-25(22,23)15-8-4-7-14(10-15)19(20)21/h3-10,18H,11H2,1-2H3. The van der Waals surface area contributed by atoms with Crippen molar-refractivity contribution in [3.8, 4) is 0 Å². The summed E-state index contributed by atoms with van der Waals surface area (Å²) in [4.78, 5) is 9.98. The first kappa shape index (κ1) is 19.3. The van der Waals surface area contributed by atoms with E-state index in [2.05, 4.69) is 4.72 Å². The lowest BCUT2D eigenvalue weighted by Gasteiger charge is -2.29. The third kappa shape index (κ3) is 4.55. The van der Waals surface area contributed by atoms with Gasteiger partial charge in [0.15, 0.2) is 0 Å². The number of rotatable bonds is 7. The molecule has 0 aromatic heterocycles. The number of halogens is 1. The number of non-ortho nitro benzene ring substituents is 1. The van der Waals surface area contributed by atoms with Crippen molar-refractivity contribution in [1.82, 2.24) is 4.72 Å². The molecule has 0 saturated carbocycles. The van der Waals surface area contributed by atoms with Gasteiger partial charge in [0, 0.05) is 30.8 Å². The summed E-state index contributed by atoms with van der Waals surface area (Å²) >= 11 is 5.98. The number of nitrogens with one attached hydrogen (secondary N) is 1. The molecule has 2 aromatic carbocycles. The maximum Gasteiger partial charge on any atom is 0.270 e. The first-order chi connectivity index (χ1) is 11.7. The molecule has 0 amide bonds. The van der Waals surface area contributed by atoms with Gasteiger partial charge < -0.3 is 4.74 Å². The van der Waals surface area contributed by atoms with E-state index in [-0.39, 0.29) is 17.1 Å². The van der Waals surface area contributed by atoms with Crippen molar-refractivity contribution < 1.29 is 18.1 Å². The highest BCUT2D eigenvalue weighted by molar-refractivity contribution is 7.89. The molecule has 0 spiro atoms. The maximum atomic E-state index is 12.5. The molecule has 0 fully saturated rings. The predicted octanol–water partition coefficient (Wildman–Crippen LogP) is 3.09. The fourth-order valence-corrected chi connectivity index (χ4v) is 3.55. The number of benzene rings is 2. The van der Waals surface area contributed by atoms with E-state index in [0.717, 1.165) is 6.07 Å². The molecule has 2 rings (SSSR count). The van der Waals surface area contributed by atoms with Crippen LogP contribution in [0.3, 0.4) is 0 Å². The van der Waals surface area contributed by atoms with Crippen molar-refractivity contribution in [2.45, 2.75) is 17.4 Å². The Morgan fingerprint density at radius 1 is 1.24 bits per heavy atom. The Bertz CT molecular complexity index is 888. The third-order valence-corrected chi connectivity index (χ3v) is 5.46. The Balaban J connectivity index is 2.25. The molecule has 1 N–H and O–H groups in total. The summed E-state index contributed by atoms with van der Waals surface area (Å²) in [5, 5.41) is 11.3. The molecule has 0 bridgehead atoms. The van der Waals surface area contributed by atoms with Crippen LogP contribution >= 0.6 is 11.6 Å². The van der Waals surface area contributed by atoms with Crippen LogP contribution in [0.15, 0.2) is 53.4 Å². The maximum absolute atomic E-state index is 12.5. The van der Waals surface area contributed by atoms with E-state index in [0.29, 0.717) is 10.6 Å². The molecule has 134 valence electrons. The smallest absolute Gasteiger partial charge is 0.270 e. The summed E-state index contributed by atoms with van der Waals surface area (Å²) in [6.07, 6.45) is 0. The first-order valence-electron chi connectivity index (χ1n) is 7.23. The van der Waals surface area contributed by atoms with Gasteiger partial charge in [-0.15, -0.1) is 0 Å². The Morgan fingerprint density at radius 3 is 2.52 bits per heavy atom. The average Bonchev–Trinajstić information content (AvgIpc) is 2.60. The van der Waals surface area contributed by atoms with Crippen molar-refractivity contribution >= 4 is 27.3 Å². The molecule has 0 aliphatic carbocycles. The lowest BCUT2D eigenvalue weighted by molar-refractivity contribution is -0.385. The Kier molecular flexibility index (Phi) is 5.79. The van der Waals surface area contributed by atoms with Crippen LogP contribution < -0.4 is 4.72 Å². The average molecular weight is 385 g/mol. The molecular weight excluding hydrogens is 368 g/mol. The molecule has 25 heavy (non-hydrogen) atoms. The highest BCUT2D eigenvalue weighted by atomic mass is 35.5. The second kappa shape index (κ2) is 7.49. The minimum absolute atomic E-state index is 0.0745. The van der Waals surface area contributed by atoms with E-state index < -0.39 is 20.5 Å². The molecule has 1 atom stereocenters. The van der Waals surface area contributed by atoms with Gasteiger partial charge in [-0.05, 0) is 30.7 Å². The molecule has 0 aliphatic rings. The third-order valence-electron chi connectivity index (χ3n) is 3.82. The van der Waals surface area contributed by atoms with Gasteiger partial charge in [-0.3, -0.25) is 10.1 Å². The Morgan fingerprint density at radius 2 is 1.92 bits per heavy atom. The van der Waals surface area contributed by atoms with Gasteiger partial charge in [0.05, 0.1) is 9.82 Å². The van der Waals surface area contributed by atoms with Crippen molar-refractivity contribution in [2.75, 3.05) is 13.7 Å². The number of methoxy groups -OCH3 is 1. The number of sulfonamides is 1. The van der Waals surface area contributed by atoms with Gasteiger partial charge in [-0.25, -0.2) is 13.1 Å². The normalized spacial score (nSPS) is 14.0. The lowest BCUT2D eigenvalue weighted by Crippen LogP contribution is -2.40. The summed E-state index contributed by atoms with van der Waals surface area (Å²) in [6, 6.07) is 11.7. The monoisotopic (exact) mass is 384 g/mol. The van der Waals surface area contributed by atoms with Gasteiger partial charge in [0.25, 0.3) is 5.69 Å². The van der Waals surface area contributed by atoms with Gasteiger partial charge >= 0.3 is 0 Å². The summed E-state index contributed by atoms with van der Waals surface area (Å²) in [6.45, 7) is 1.64. The van der Waals surface area contributed by atoms with Crippen LogP contribution in [0, 0.1) is 10.1 Å². The van der Waals surface area contributed by atoms with Crippen molar-refractivity contribution in [2.24, 2.45) is 0 Å². The first-order valence-corrected chi connectivity index (χ1v) is 9.09. The highest BCUT2D eigenvalue weighted by Gasteiger charge is 2.29. The zero-order valence-corrected chi connectivity index (χ0v) is 15.2. The van der Waals surface area contributed by atoms with E-state index in [1.54, 1.807) is 31.2 Å². The minimum Gasteiger partial charge on any atom is -0.372 e. The predicted molar refractivity (Wildman–Crippen MR) is 94.1 cm³/mol. The van der Waals surface area contributed by atoms with Gasteiger partial charge in [-0.2, -0.15) is 0 Å². The highest BCUT2D eigenvalue weighted by Crippen LogP contribution is 2.27. The largest absolute Gasteiger partial charge is 0.372 e. The van der Waals surface area contributed by atoms with Crippen LogP contribution in [0.2, 0.25) is 5.02 Å². The van der Waals surface area contributed by atoms with E-state index in [1.807, 2.05) is 0 Å². The summed E-state index contributed by atoms with van der Waals surface area (Å²) < 4.78 is 32.8. The zero-order chi connectivity index (χ0) is 18.7. The molecule has 2 aromatic rings. The van der Waals surface area contributed by atoms with Crippen LogP contribution in [0.4, 0.5) is 5.69 Å². The van der Waals surface area contributed by atoms with Crippen LogP contribution in [0.1, 0.15) is 12.5 Å². The second-order valence-electron chi connectivity index (χ2n) is 5.52. The van der Waals surface area contributed by atoms with E-state index in [9.17, 15) is 18.5 Å². The topological polar surface area (TPSA) is 98.5 Å². The SMILES string of the molecule is COC(C)(CNS(=O)(=O)c1cccc([N+](=O)[O-])c1)c1cccc(Cl)c1. The van der Waals surface area contributed by atoms with Crippen molar-refractivity contribution in [3.63, 3.8) is 0 Å². The molecule has 9 heteroatoms. The van der Waals surface area contributed by atoms with Crippen molar-refractivity contribution in [1.29, 1.82) is 0 Å². The van der Waals surface area contributed by atoms with E-state index in [4.69, 9.17) is 16.3 Å². The number of ether oxygens (including phenoxy) is 1. The van der Waals surface area contributed by atoms with Crippen molar-refractivity contribution in [3.05, 3.63) is 69.2 Å². The molecule has 0 saturated heterocycles. The summed E-state index contributed by atoms with van der Waals surface area (Å²) in [5.41, 5.74) is -0.560. The Hall–Kier alpha value is -2.00. The van der Waals surface area contributed by atoms with Gasteiger partial charge in [0.1, 0.15) is 5.60 Å². The van der Waals surface area contributed by atoms with Crippen LogP contribution in [0.25, 0.3) is 0 Å². The molecule has 0 radical (unpaired) electrons. The minimum atomic E-state index is -3.95. The molecular formula is C16H17ClN2O5S. The lowest BCUT2D eigenvalue weighted by atomic mass is 9.96. The van der Waals surface area contributed by atoms with Gasteiger partial charge in [0.2, 0.25) is 10.0 Å². The van der Waals surface area contributed by atoms with E-state index >= 15 is 0 Å². The number of nitrogens with zero attached hydrogens (tertiary/aromatic N) is 1. The summed E-state index contributed by atoms with van der Waals surface area (Å²) in [5.74, 6) is 0. The molecule has 0 aliphatic heterocycles. The number of hydrogen-bond acceptors (Lipinski definition) is 5. The fourth-order valence-electron chi connectivity index (χ4n) is 2.19. The molecule has 0 heterocycles. The quantitative estimate of drug-likeness (QED) is 0.584.